The number of non-ortho nitro benzene ring substituents is 2. The van der Waals surface area contributed by atoms with E-state index in [0.717, 1.165) is 48.5 Å². The second-order valence-corrected chi connectivity index (χ2v) is 12.2. The van der Waals surface area contributed by atoms with Crippen molar-refractivity contribution in [3.8, 4) is 0 Å². The summed E-state index contributed by atoms with van der Waals surface area (Å²) in [6.45, 7) is -1.37. The lowest BCUT2D eigenvalue weighted by Gasteiger charge is -2.28. The van der Waals surface area contributed by atoms with Gasteiger partial charge in [0.15, 0.2) is 0 Å². The molecule has 38 heavy (non-hydrogen) atoms. The molecule has 0 atom stereocenters. The van der Waals surface area contributed by atoms with Gasteiger partial charge in [0.05, 0.1) is 26.2 Å². The zero-order valence-electron chi connectivity index (χ0n) is 19.1. The summed E-state index contributed by atoms with van der Waals surface area (Å²) in [5.74, 6) is 0. The van der Waals surface area contributed by atoms with Gasteiger partial charge >= 0.3 is 0 Å². The summed E-state index contributed by atoms with van der Waals surface area (Å²) >= 11 is 3.33. The lowest BCUT2D eigenvalue weighted by molar-refractivity contribution is -0.385. The lowest BCUT2D eigenvalue weighted by Crippen LogP contribution is -2.38. The van der Waals surface area contributed by atoms with E-state index in [1.807, 2.05) is 0 Å². The van der Waals surface area contributed by atoms with E-state index in [-0.39, 0.29) is 27.8 Å². The number of fused-ring (bicyclic) bond motifs is 1. The minimum atomic E-state index is -4.44. The van der Waals surface area contributed by atoms with Crippen molar-refractivity contribution in [2.75, 3.05) is 13.2 Å². The van der Waals surface area contributed by atoms with Crippen molar-refractivity contribution in [1.82, 2.24) is 0 Å². The molecule has 1 aliphatic rings. The number of nitro groups is 2. The van der Waals surface area contributed by atoms with Crippen LogP contribution in [-0.4, -0.2) is 39.9 Å². The minimum Gasteiger partial charge on any atom is -0.361 e. The Labute approximate surface area is 224 Å². The molecule has 0 amide bonds. The van der Waals surface area contributed by atoms with Gasteiger partial charge in [0, 0.05) is 28.7 Å². The molecule has 0 unspecified atom stereocenters. The molecule has 13 nitrogen and oxygen atoms in total. The third-order valence-electron chi connectivity index (χ3n) is 5.63. The predicted molar refractivity (Wildman–Crippen MR) is 133 cm³/mol. The molecule has 0 aromatic heterocycles. The molecule has 0 saturated carbocycles. The van der Waals surface area contributed by atoms with Crippen LogP contribution in [0.1, 0.15) is 11.1 Å². The van der Waals surface area contributed by atoms with Gasteiger partial charge < -0.3 is 4.74 Å². The molecule has 0 N–H and O–H groups in total. The Morgan fingerprint density at radius 2 is 1.24 bits per heavy atom. The molecule has 0 bridgehead atoms. The lowest BCUT2D eigenvalue weighted by atomic mass is 9.94. The molecule has 0 fully saturated rings. The standard InChI is InChI=1S/C22H17BrN2O11S2/c23-16-1-10-21-15(11-16)12-34-22(21,13-35-37(30,31)19-6-2-17(3-7-19)24(26)27)14-36-38(32,33)20-8-4-18(5-9-20)25(28)29/h1-11H,12-14H2. The van der Waals surface area contributed by atoms with E-state index in [1.165, 1.54) is 0 Å². The highest BCUT2D eigenvalue weighted by molar-refractivity contribution is 9.10. The van der Waals surface area contributed by atoms with Crippen molar-refractivity contribution in [2.24, 2.45) is 0 Å². The zero-order chi connectivity index (χ0) is 27.7. The fourth-order valence-electron chi connectivity index (χ4n) is 3.65. The van der Waals surface area contributed by atoms with Crippen LogP contribution in [0.3, 0.4) is 0 Å². The summed E-state index contributed by atoms with van der Waals surface area (Å²) in [4.78, 5) is 19.6. The van der Waals surface area contributed by atoms with Crippen LogP contribution in [0.4, 0.5) is 11.4 Å². The summed E-state index contributed by atoms with van der Waals surface area (Å²) in [5, 5.41) is 21.7. The first-order chi connectivity index (χ1) is 17.8. The molecular weight excluding hydrogens is 612 g/mol. The minimum absolute atomic E-state index is 0.00332. The normalized spacial score (nSPS) is 14.7. The van der Waals surface area contributed by atoms with Gasteiger partial charge in [-0.05, 0) is 47.5 Å². The fourth-order valence-corrected chi connectivity index (χ4v) is 5.96. The molecule has 0 aliphatic carbocycles. The van der Waals surface area contributed by atoms with Gasteiger partial charge in [-0.3, -0.25) is 28.6 Å². The van der Waals surface area contributed by atoms with E-state index in [2.05, 4.69) is 15.9 Å². The summed E-state index contributed by atoms with van der Waals surface area (Å²) < 4.78 is 68.3. The number of ether oxygens (including phenoxy) is 1. The van der Waals surface area contributed by atoms with Crippen LogP contribution in [0, 0.1) is 20.2 Å². The van der Waals surface area contributed by atoms with E-state index < -0.39 is 48.9 Å². The molecule has 4 rings (SSSR count). The largest absolute Gasteiger partial charge is 0.361 e. The Morgan fingerprint density at radius 3 is 1.66 bits per heavy atom. The highest BCUT2D eigenvalue weighted by Gasteiger charge is 2.44. The number of nitro benzene ring substituents is 2. The SMILES string of the molecule is O=[N+]([O-])c1ccc(S(=O)(=O)OCC2(COS(=O)(=O)c3ccc([N+](=O)[O-])cc3)OCc3cc(Br)ccc32)cc1. The van der Waals surface area contributed by atoms with Crippen LogP contribution >= 0.6 is 15.9 Å². The van der Waals surface area contributed by atoms with Gasteiger partial charge in [-0.1, -0.05) is 22.0 Å². The van der Waals surface area contributed by atoms with Crippen LogP contribution in [-0.2, 0) is 45.5 Å². The van der Waals surface area contributed by atoms with E-state index >= 15 is 0 Å². The number of hydrogen-bond acceptors (Lipinski definition) is 11. The molecule has 1 heterocycles. The van der Waals surface area contributed by atoms with Gasteiger partial charge in [-0.15, -0.1) is 0 Å². The fraction of sp³-hybridized carbons (Fsp3) is 0.182. The molecule has 0 radical (unpaired) electrons. The highest BCUT2D eigenvalue weighted by Crippen LogP contribution is 2.40. The molecular formula is C22H17BrN2O11S2. The molecule has 0 spiro atoms. The zero-order valence-corrected chi connectivity index (χ0v) is 22.3. The van der Waals surface area contributed by atoms with Gasteiger partial charge in [-0.2, -0.15) is 16.8 Å². The second kappa shape index (κ2) is 10.5. The average molecular weight is 629 g/mol. The molecule has 3 aromatic rings. The quantitative estimate of drug-likeness (QED) is 0.181. The Hall–Kier alpha value is -3.28. The average Bonchev–Trinajstić information content (AvgIpc) is 3.24. The summed E-state index contributed by atoms with van der Waals surface area (Å²) in [7, 11) is -8.88. The Bertz CT molecular complexity index is 1520. The predicted octanol–water partition coefficient (Wildman–Crippen LogP) is 3.80. The molecule has 1 aliphatic heterocycles. The van der Waals surface area contributed by atoms with Gasteiger partial charge in [-0.25, -0.2) is 0 Å². The maximum absolute atomic E-state index is 12.8. The van der Waals surface area contributed by atoms with Crippen molar-refractivity contribution in [2.45, 2.75) is 22.0 Å². The first-order valence-corrected chi connectivity index (χ1v) is 14.1. The molecule has 16 heteroatoms. The summed E-state index contributed by atoms with van der Waals surface area (Å²) in [6, 6.07) is 13.0. The first-order valence-electron chi connectivity index (χ1n) is 10.5. The third kappa shape index (κ3) is 5.74. The molecule has 0 saturated heterocycles. The van der Waals surface area contributed by atoms with Crippen LogP contribution in [0.2, 0.25) is 0 Å². The van der Waals surface area contributed by atoms with Crippen LogP contribution in [0.5, 0.6) is 0 Å². The van der Waals surface area contributed by atoms with Crippen molar-refractivity contribution in [1.29, 1.82) is 0 Å². The number of rotatable bonds is 10. The van der Waals surface area contributed by atoms with E-state index in [4.69, 9.17) is 13.1 Å². The topological polar surface area (TPSA) is 182 Å². The second-order valence-electron chi connectivity index (χ2n) is 8.02. The van der Waals surface area contributed by atoms with Crippen LogP contribution in [0.15, 0.2) is 81.0 Å². The Kier molecular flexibility index (Phi) is 7.64. The smallest absolute Gasteiger partial charge is 0.297 e. The Morgan fingerprint density at radius 1 is 0.789 bits per heavy atom. The van der Waals surface area contributed by atoms with Crippen molar-refractivity contribution in [3.63, 3.8) is 0 Å². The third-order valence-corrected chi connectivity index (χ3v) is 8.68. The summed E-state index contributed by atoms with van der Waals surface area (Å²) in [6.07, 6.45) is 0. The van der Waals surface area contributed by atoms with E-state index in [9.17, 15) is 37.1 Å². The van der Waals surface area contributed by atoms with Gasteiger partial charge in [0.1, 0.15) is 18.8 Å². The monoisotopic (exact) mass is 628 g/mol. The Balaban J connectivity index is 1.61. The molecule has 200 valence electrons. The molecule has 3 aromatic carbocycles. The maximum atomic E-state index is 12.8. The first kappa shape index (κ1) is 27.7. The number of benzene rings is 3. The number of halogens is 1. The van der Waals surface area contributed by atoms with E-state index in [0.29, 0.717) is 15.6 Å². The van der Waals surface area contributed by atoms with E-state index in [1.54, 1.807) is 18.2 Å². The van der Waals surface area contributed by atoms with Gasteiger partial charge in [0.2, 0.25) is 0 Å². The number of nitrogens with zero attached hydrogens (tertiary/aromatic N) is 2. The van der Waals surface area contributed by atoms with Crippen LogP contribution < -0.4 is 0 Å². The number of hydrogen-bond donors (Lipinski definition) is 0. The van der Waals surface area contributed by atoms with Crippen molar-refractivity contribution >= 4 is 47.5 Å². The maximum Gasteiger partial charge on any atom is 0.297 e. The van der Waals surface area contributed by atoms with Crippen molar-refractivity contribution < 1.29 is 39.8 Å². The van der Waals surface area contributed by atoms with Crippen molar-refractivity contribution in [3.05, 3.63) is 103 Å². The van der Waals surface area contributed by atoms with Gasteiger partial charge in [0.25, 0.3) is 31.6 Å². The summed E-state index contributed by atoms with van der Waals surface area (Å²) in [5.41, 5.74) is -1.24. The van der Waals surface area contributed by atoms with Crippen LogP contribution in [0.25, 0.3) is 0 Å². The highest BCUT2D eigenvalue weighted by atomic mass is 79.9.